The SMILES string of the molecule is COCC(=O)NCC1CCN(Cc2ccccc2C#N)C1. The molecule has 1 N–H and O–H groups in total. The summed E-state index contributed by atoms with van der Waals surface area (Å²) in [6.07, 6.45) is 1.07. The van der Waals surface area contributed by atoms with Crippen LogP contribution in [0.25, 0.3) is 0 Å². The lowest BCUT2D eigenvalue weighted by Crippen LogP contribution is -2.33. The molecule has 1 saturated heterocycles. The lowest BCUT2D eigenvalue weighted by molar-refractivity contribution is -0.124. The normalized spacial score (nSPS) is 18.4. The van der Waals surface area contributed by atoms with E-state index < -0.39 is 0 Å². The molecule has 1 aromatic rings. The summed E-state index contributed by atoms with van der Waals surface area (Å²) in [5.41, 5.74) is 1.82. The van der Waals surface area contributed by atoms with Crippen molar-refractivity contribution in [3.63, 3.8) is 0 Å². The Labute approximate surface area is 125 Å². The molecule has 5 nitrogen and oxygen atoms in total. The molecule has 2 rings (SSSR count). The van der Waals surface area contributed by atoms with Crippen LogP contribution >= 0.6 is 0 Å². The highest BCUT2D eigenvalue weighted by Crippen LogP contribution is 2.19. The van der Waals surface area contributed by atoms with Crippen molar-refractivity contribution in [3.05, 3.63) is 35.4 Å². The van der Waals surface area contributed by atoms with E-state index in [1.54, 1.807) is 0 Å². The quantitative estimate of drug-likeness (QED) is 0.852. The van der Waals surface area contributed by atoms with Crippen LogP contribution in [0.5, 0.6) is 0 Å². The molecule has 5 heteroatoms. The summed E-state index contributed by atoms with van der Waals surface area (Å²) in [5, 5.41) is 12.0. The predicted octanol–water partition coefficient (Wildman–Crippen LogP) is 1.14. The van der Waals surface area contributed by atoms with Crippen molar-refractivity contribution in [1.82, 2.24) is 10.2 Å². The second-order valence-corrected chi connectivity index (χ2v) is 5.40. The fourth-order valence-corrected chi connectivity index (χ4v) is 2.67. The molecular weight excluding hydrogens is 266 g/mol. The highest BCUT2D eigenvalue weighted by atomic mass is 16.5. The molecule has 21 heavy (non-hydrogen) atoms. The van der Waals surface area contributed by atoms with Crippen LogP contribution in [0.15, 0.2) is 24.3 Å². The summed E-state index contributed by atoms with van der Waals surface area (Å²) in [5.74, 6) is 0.408. The number of nitrogens with zero attached hydrogens (tertiary/aromatic N) is 2. The van der Waals surface area contributed by atoms with E-state index in [9.17, 15) is 4.79 Å². The molecule has 0 bridgehead atoms. The number of ether oxygens (including phenoxy) is 1. The molecule has 1 atom stereocenters. The molecule has 1 fully saturated rings. The number of likely N-dealkylation sites (tertiary alicyclic amines) is 1. The summed E-state index contributed by atoms with van der Waals surface area (Å²) >= 11 is 0. The van der Waals surface area contributed by atoms with Gasteiger partial charge in [0, 0.05) is 26.7 Å². The zero-order chi connectivity index (χ0) is 15.1. The van der Waals surface area contributed by atoms with Gasteiger partial charge in [-0.1, -0.05) is 18.2 Å². The van der Waals surface area contributed by atoms with Crippen molar-refractivity contribution in [1.29, 1.82) is 5.26 Å². The number of rotatable bonds is 6. The maximum absolute atomic E-state index is 11.4. The molecule has 1 aromatic carbocycles. The number of hydrogen-bond acceptors (Lipinski definition) is 4. The summed E-state index contributed by atoms with van der Waals surface area (Å²) in [4.78, 5) is 13.7. The minimum absolute atomic E-state index is 0.0641. The number of benzene rings is 1. The van der Waals surface area contributed by atoms with Gasteiger partial charge in [-0.05, 0) is 30.5 Å². The predicted molar refractivity (Wildman–Crippen MR) is 79.4 cm³/mol. The number of carbonyl (C=O) groups is 1. The average Bonchev–Trinajstić information content (AvgIpc) is 2.94. The fourth-order valence-electron chi connectivity index (χ4n) is 2.67. The minimum Gasteiger partial charge on any atom is -0.375 e. The van der Waals surface area contributed by atoms with Crippen LogP contribution in [0.4, 0.5) is 0 Å². The van der Waals surface area contributed by atoms with Gasteiger partial charge in [-0.15, -0.1) is 0 Å². The Morgan fingerprint density at radius 2 is 2.33 bits per heavy atom. The number of amides is 1. The third-order valence-corrected chi connectivity index (χ3v) is 3.77. The smallest absolute Gasteiger partial charge is 0.245 e. The van der Waals surface area contributed by atoms with Crippen LogP contribution in [-0.2, 0) is 16.1 Å². The zero-order valence-corrected chi connectivity index (χ0v) is 12.3. The Kier molecular flexibility index (Phi) is 5.73. The van der Waals surface area contributed by atoms with E-state index in [0.717, 1.165) is 37.2 Å². The largest absolute Gasteiger partial charge is 0.375 e. The van der Waals surface area contributed by atoms with Crippen molar-refractivity contribution < 1.29 is 9.53 Å². The van der Waals surface area contributed by atoms with Gasteiger partial charge in [0.1, 0.15) is 6.61 Å². The van der Waals surface area contributed by atoms with E-state index in [-0.39, 0.29) is 12.5 Å². The van der Waals surface area contributed by atoms with Gasteiger partial charge < -0.3 is 10.1 Å². The van der Waals surface area contributed by atoms with Crippen molar-refractivity contribution in [2.24, 2.45) is 5.92 Å². The summed E-state index contributed by atoms with van der Waals surface area (Å²) in [6.45, 7) is 3.56. The van der Waals surface area contributed by atoms with E-state index in [4.69, 9.17) is 10.00 Å². The van der Waals surface area contributed by atoms with Crippen LogP contribution in [0.1, 0.15) is 17.5 Å². The Hall–Kier alpha value is -1.90. The lowest BCUT2D eigenvalue weighted by atomic mass is 10.1. The van der Waals surface area contributed by atoms with Crippen LogP contribution in [0, 0.1) is 17.2 Å². The van der Waals surface area contributed by atoms with Gasteiger partial charge in [0.15, 0.2) is 0 Å². The first-order valence-electron chi connectivity index (χ1n) is 7.19. The summed E-state index contributed by atoms with van der Waals surface area (Å²) in [6, 6.07) is 9.95. The Morgan fingerprint density at radius 1 is 1.52 bits per heavy atom. The highest BCUT2D eigenvalue weighted by Gasteiger charge is 2.23. The van der Waals surface area contributed by atoms with Crippen LogP contribution in [-0.4, -0.2) is 44.2 Å². The summed E-state index contributed by atoms with van der Waals surface area (Å²) in [7, 11) is 1.52. The second-order valence-electron chi connectivity index (χ2n) is 5.40. The van der Waals surface area contributed by atoms with Gasteiger partial charge in [0.05, 0.1) is 11.6 Å². The maximum Gasteiger partial charge on any atom is 0.245 e. The topological polar surface area (TPSA) is 65.4 Å². The van der Waals surface area contributed by atoms with Gasteiger partial charge in [-0.25, -0.2) is 0 Å². The number of methoxy groups -OCH3 is 1. The molecule has 0 spiro atoms. The Bertz CT molecular complexity index is 524. The van der Waals surface area contributed by atoms with Crippen molar-refractivity contribution in [2.75, 3.05) is 33.4 Å². The highest BCUT2D eigenvalue weighted by molar-refractivity contribution is 5.77. The number of hydrogen-bond donors (Lipinski definition) is 1. The monoisotopic (exact) mass is 287 g/mol. The van der Waals surface area contributed by atoms with E-state index in [0.29, 0.717) is 12.5 Å². The van der Waals surface area contributed by atoms with Gasteiger partial charge >= 0.3 is 0 Å². The van der Waals surface area contributed by atoms with Crippen LogP contribution in [0.3, 0.4) is 0 Å². The van der Waals surface area contributed by atoms with Crippen LogP contribution < -0.4 is 5.32 Å². The van der Waals surface area contributed by atoms with Crippen molar-refractivity contribution in [3.8, 4) is 6.07 Å². The van der Waals surface area contributed by atoms with Gasteiger partial charge in [0.2, 0.25) is 5.91 Å². The van der Waals surface area contributed by atoms with Crippen molar-refractivity contribution >= 4 is 5.91 Å². The van der Waals surface area contributed by atoms with Crippen molar-refractivity contribution in [2.45, 2.75) is 13.0 Å². The third kappa shape index (κ3) is 4.55. The molecule has 1 heterocycles. The molecule has 112 valence electrons. The molecule has 1 unspecified atom stereocenters. The third-order valence-electron chi connectivity index (χ3n) is 3.77. The second kappa shape index (κ2) is 7.77. The molecule has 0 saturated carbocycles. The van der Waals surface area contributed by atoms with E-state index in [1.165, 1.54) is 7.11 Å². The molecule has 1 aliphatic heterocycles. The average molecular weight is 287 g/mol. The first-order valence-corrected chi connectivity index (χ1v) is 7.19. The number of carbonyl (C=O) groups excluding carboxylic acids is 1. The molecule has 1 aliphatic rings. The molecule has 0 aromatic heterocycles. The first-order chi connectivity index (χ1) is 10.2. The van der Waals surface area contributed by atoms with Gasteiger partial charge in [-0.2, -0.15) is 5.26 Å². The molecule has 0 aliphatic carbocycles. The number of nitrogens with one attached hydrogen (secondary N) is 1. The lowest BCUT2D eigenvalue weighted by Gasteiger charge is -2.17. The molecule has 0 radical (unpaired) electrons. The van der Waals surface area contributed by atoms with E-state index in [1.807, 2.05) is 24.3 Å². The van der Waals surface area contributed by atoms with Gasteiger partial charge in [0.25, 0.3) is 0 Å². The first kappa shape index (κ1) is 15.5. The number of nitriles is 1. The molecular formula is C16H21N3O2. The van der Waals surface area contributed by atoms with Gasteiger partial charge in [-0.3, -0.25) is 9.69 Å². The maximum atomic E-state index is 11.4. The standard InChI is InChI=1S/C16H21N3O2/c1-21-12-16(20)18-9-13-6-7-19(10-13)11-15-5-3-2-4-14(15)8-17/h2-5,13H,6-7,9-12H2,1H3,(H,18,20). The summed E-state index contributed by atoms with van der Waals surface area (Å²) < 4.78 is 4.79. The Balaban J connectivity index is 1.80. The zero-order valence-electron chi connectivity index (χ0n) is 12.3. The Morgan fingerprint density at radius 3 is 3.10 bits per heavy atom. The molecule has 1 amide bonds. The van der Waals surface area contributed by atoms with E-state index >= 15 is 0 Å². The van der Waals surface area contributed by atoms with E-state index in [2.05, 4.69) is 16.3 Å². The fraction of sp³-hybridized carbons (Fsp3) is 0.500. The minimum atomic E-state index is -0.0641. The van der Waals surface area contributed by atoms with Crippen LogP contribution in [0.2, 0.25) is 0 Å².